The van der Waals surface area contributed by atoms with Gasteiger partial charge in [0.05, 0.1) is 5.56 Å². The van der Waals surface area contributed by atoms with Crippen molar-refractivity contribution in [2.24, 2.45) is 0 Å². The summed E-state index contributed by atoms with van der Waals surface area (Å²) in [6.45, 7) is 1.56. The van der Waals surface area contributed by atoms with Crippen molar-refractivity contribution in [2.45, 2.75) is 12.3 Å². The third-order valence-corrected chi connectivity index (χ3v) is 4.54. The second-order valence-electron chi connectivity index (χ2n) is 5.93. The highest BCUT2D eigenvalue weighted by molar-refractivity contribution is 6.06. The molecule has 1 fully saturated rings. The van der Waals surface area contributed by atoms with E-state index in [0.717, 1.165) is 30.3 Å². The Labute approximate surface area is 134 Å². The van der Waals surface area contributed by atoms with Crippen molar-refractivity contribution in [1.29, 1.82) is 0 Å². The van der Waals surface area contributed by atoms with Crippen molar-refractivity contribution < 1.29 is 4.79 Å². The first-order chi connectivity index (χ1) is 11.3. The zero-order valence-corrected chi connectivity index (χ0v) is 12.7. The highest BCUT2D eigenvalue weighted by Crippen LogP contribution is 2.29. The normalized spacial score (nSPS) is 17.6. The number of benzene rings is 1. The Balaban J connectivity index is 1.60. The number of aromatic nitrogens is 2. The third kappa shape index (κ3) is 2.57. The van der Waals surface area contributed by atoms with Crippen LogP contribution in [0.2, 0.25) is 0 Å². The first kappa shape index (κ1) is 13.9. The van der Waals surface area contributed by atoms with Gasteiger partial charge in [0.1, 0.15) is 0 Å². The van der Waals surface area contributed by atoms with E-state index in [1.807, 2.05) is 17.0 Å². The Morgan fingerprint density at radius 3 is 2.74 bits per heavy atom. The molecule has 4 nitrogen and oxygen atoms in total. The van der Waals surface area contributed by atoms with Crippen LogP contribution in [-0.4, -0.2) is 33.9 Å². The van der Waals surface area contributed by atoms with Crippen LogP contribution in [0, 0.1) is 0 Å². The lowest BCUT2D eigenvalue weighted by Gasteiger charge is -2.17. The van der Waals surface area contributed by atoms with Crippen molar-refractivity contribution in [3.63, 3.8) is 0 Å². The smallest absolute Gasteiger partial charge is 0.256 e. The van der Waals surface area contributed by atoms with Crippen LogP contribution in [0.3, 0.4) is 0 Å². The molecule has 1 atom stereocenters. The quantitative estimate of drug-likeness (QED) is 0.730. The van der Waals surface area contributed by atoms with Crippen molar-refractivity contribution in [1.82, 2.24) is 14.9 Å². The molecule has 1 unspecified atom stereocenters. The van der Waals surface area contributed by atoms with Gasteiger partial charge in [-0.3, -0.25) is 14.8 Å². The van der Waals surface area contributed by atoms with Gasteiger partial charge in [0.15, 0.2) is 0 Å². The van der Waals surface area contributed by atoms with Crippen LogP contribution in [0.25, 0.3) is 10.8 Å². The van der Waals surface area contributed by atoms with Crippen molar-refractivity contribution in [3.8, 4) is 0 Å². The van der Waals surface area contributed by atoms with Gasteiger partial charge in [-0.25, -0.2) is 0 Å². The highest BCUT2D eigenvalue weighted by Gasteiger charge is 2.28. The van der Waals surface area contributed by atoms with Gasteiger partial charge in [0.25, 0.3) is 5.91 Å². The lowest BCUT2D eigenvalue weighted by atomic mass is 9.99. The van der Waals surface area contributed by atoms with Crippen LogP contribution < -0.4 is 0 Å². The summed E-state index contributed by atoms with van der Waals surface area (Å²) >= 11 is 0. The molecule has 3 aromatic rings. The molecule has 4 rings (SSSR count). The van der Waals surface area contributed by atoms with Crippen LogP contribution in [0.4, 0.5) is 0 Å². The summed E-state index contributed by atoms with van der Waals surface area (Å²) in [7, 11) is 0. The molecule has 2 aromatic heterocycles. The fourth-order valence-corrected chi connectivity index (χ4v) is 3.30. The minimum atomic E-state index is 0.0627. The van der Waals surface area contributed by atoms with E-state index >= 15 is 0 Å². The molecule has 3 heterocycles. The summed E-state index contributed by atoms with van der Waals surface area (Å²) < 4.78 is 0. The molecular weight excluding hydrogens is 286 g/mol. The second kappa shape index (κ2) is 5.80. The summed E-state index contributed by atoms with van der Waals surface area (Å²) in [4.78, 5) is 23.1. The molecule has 1 saturated heterocycles. The fourth-order valence-electron chi connectivity index (χ4n) is 3.30. The molecule has 4 heteroatoms. The van der Waals surface area contributed by atoms with E-state index in [1.165, 1.54) is 5.56 Å². The molecule has 1 amide bonds. The summed E-state index contributed by atoms with van der Waals surface area (Å²) in [6, 6.07) is 12.3. The number of amides is 1. The predicted octanol–water partition coefficient (Wildman–Crippen LogP) is 3.26. The van der Waals surface area contributed by atoms with Gasteiger partial charge in [-0.1, -0.05) is 30.3 Å². The van der Waals surface area contributed by atoms with E-state index in [1.54, 1.807) is 24.8 Å². The number of likely N-dealkylation sites (tertiary alicyclic amines) is 1. The van der Waals surface area contributed by atoms with E-state index in [0.29, 0.717) is 11.5 Å². The number of carbonyl (C=O) groups is 1. The Morgan fingerprint density at radius 1 is 1.04 bits per heavy atom. The maximum absolute atomic E-state index is 12.9. The molecule has 1 aromatic carbocycles. The van der Waals surface area contributed by atoms with E-state index in [-0.39, 0.29) is 5.91 Å². The van der Waals surface area contributed by atoms with Crippen LogP contribution in [-0.2, 0) is 0 Å². The molecular formula is C19H17N3O. The number of hydrogen-bond acceptors (Lipinski definition) is 3. The molecule has 0 spiro atoms. The summed E-state index contributed by atoms with van der Waals surface area (Å²) in [5.41, 5.74) is 1.97. The lowest BCUT2D eigenvalue weighted by Crippen LogP contribution is -2.28. The van der Waals surface area contributed by atoms with Gasteiger partial charge < -0.3 is 4.90 Å². The maximum Gasteiger partial charge on any atom is 0.256 e. The maximum atomic E-state index is 12.9. The first-order valence-electron chi connectivity index (χ1n) is 7.85. The Hall–Kier alpha value is -2.75. The van der Waals surface area contributed by atoms with Crippen molar-refractivity contribution >= 4 is 16.7 Å². The standard InChI is InChI=1S/C19H17N3O/c23-19(18-12-21-11-16-10-20-8-6-17(16)18)22-9-7-15(13-22)14-4-2-1-3-5-14/h1-6,8,10-12,15H,7,9,13H2. The molecule has 1 aliphatic rings. The van der Waals surface area contributed by atoms with E-state index in [2.05, 4.69) is 34.2 Å². The second-order valence-corrected chi connectivity index (χ2v) is 5.93. The van der Waals surface area contributed by atoms with Crippen LogP contribution in [0.1, 0.15) is 28.3 Å². The average molecular weight is 303 g/mol. The first-order valence-corrected chi connectivity index (χ1v) is 7.85. The molecule has 114 valence electrons. The largest absolute Gasteiger partial charge is 0.338 e. The SMILES string of the molecule is O=C(c1cncc2cnccc12)N1CCC(c2ccccc2)C1. The van der Waals surface area contributed by atoms with Gasteiger partial charge in [0, 0.05) is 54.6 Å². The monoisotopic (exact) mass is 303 g/mol. The minimum Gasteiger partial charge on any atom is -0.338 e. The van der Waals surface area contributed by atoms with E-state index < -0.39 is 0 Å². The van der Waals surface area contributed by atoms with E-state index in [9.17, 15) is 4.79 Å². The van der Waals surface area contributed by atoms with Gasteiger partial charge in [-0.15, -0.1) is 0 Å². The van der Waals surface area contributed by atoms with Crippen LogP contribution in [0.5, 0.6) is 0 Å². The molecule has 0 saturated carbocycles. The Kier molecular flexibility index (Phi) is 3.50. The Bertz CT molecular complexity index is 842. The molecule has 0 radical (unpaired) electrons. The van der Waals surface area contributed by atoms with Gasteiger partial charge in [-0.05, 0) is 18.1 Å². The number of pyridine rings is 2. The van der Waals surface area contributed by atoms with Crippen LogP contribution >= 0.6 is 0 Å². The number of rotatable bonds is 2. The molecule has 0 bridgehead atoms. The predicted molar refractivity (Wildman–Crippen MR) is 89.2 cm³/mol. The zero-order valence-electron chi connectivity index (χ0n) is 12.7. The summed E-state index contributed by atoms with van der Waals surface area (Å²) in [5.74, 6) is 0.484. The molecule has 23 heavy (non-hydrogen) atoms. The Morgan fingerprint density at radius 2 is 1.87 bits per heavy atom. The van der Waals surface area contributed by atoms with E-state index in [4.69, 9.17) is 0 Å². The number of hydrogen-bond donors (Lipinski definition) is 0. The summed E-state index contributed by atoms with van der Waals surface area (Å²) in [6.07, 6.45) is 7.89. The number of fused-ring (bicyclic) bond motifs is 1. The average Bonchev–Trinajstić information content (AvgIpc) is 3.11. The third-order valence-electron chi connectivity index (χ3n) is 4.54. The number of carbonyl (C=O) groups excluding carboxylic acids is 1. The van der Waals surface area contributed by atoms with Crippen molar-refractivity contribution in [2.75, 3.05) is 13.1 Å². The highest BCUT2D eigenvalue weighted by atomic mass is 16.2. The topological polar surface area (TPSA) is 46.1 Å². The van der Waals surface area contributed by atoms with Gasteiger partial charge >= 0.3 is 0 Å². The number of nitrogens with zero attached hydrogens (tertiary/aromatic N) is 3. The summed E-state index contributed by atoms with van der Waals surface area (Å²) in [5, 5.41) is 1.82. The molecule has 0 N–H and O–H groups in total. The fraction of sp³-hybridized carbons (Fsp3) is 0.211. The molecule has 1 aliphatic heterocycles. The van der Waals surface area contributed by atoms with Gasteiger partial charge in [0.2, 0.25) is 0 Å². The molecule has 0 aliphatic carbocycles. The van der Waals surface area contributed by atoms with Crippen LogP contribution in [0.15, 0.2) is 61.2 Å². The van der Waals surface area contributed by atoms with Gasteiger partial charge in [-0.2, -0.15) is 0 Å². The van der Waals surface area contributed by atoms with Crippen molar-refractivity contribution in [3.05, 3.63) is 72.3 Å². The zero-order chi connectivity index (χ0) is 15.6. The minimum absolute atomic E-state index is 0.0627. The lowest BCUT2D eigenvalue weighted by molar-refractivity contribution is 0.0792.